The number of aromatic nitrogens is 3. The molecule has 0 saturated heterocycles. The minimum absolute atomic E-state index is 0.0196. The second-order valence-electron chi connectivity index (χ2n) is 8.23. The number of furan rings is 1. The van der Waals surface area contributed by atoms with Gasteiger partial charge < -0.3 is 9.73 Å². The van der Waals surface area contributed by atoms with E-state index in [4.69, 9.17) is 14.4 Å². The van der Waals surface area contributed by atoms with E-state index < -0.39 is 0 Å². The third-order valence-electron chi connectivity index (χ3n) is 5.90. The van der Waals surface area contributed by atoms with Crippen molar-refractivity contribution in [1.82, 2.24) is 19.7 Å². The van der Waals surface area contributed by atoms with Crippen LogP contribution in [0.3, 0.4) is 0 Å². The molecule has 0 saturated carbocycles. The lowest BCUT2D eigenvalue weighted by atomic mass is 10.1. The summed E-state index contributed by atoms with van der Waals surface area (Å²) in [6.45, 7) is 0.296. The minimum Gasteiger partial charge on any atom is -0.467 e. The summed E-state index contributed by atoms with van der Waals surface area (Å²) in [6.07, 6.45) is 1.57. The van der Waals surface area contributed by atoms with Gasteiger partial charge in [0.1, 0.15) is 11.4 Å². The van der Waals surface area contributed by atoms with Crippen LogP contribution in [0.2, 0.25) is 0 Å². The Morgan fingerprint density at radius 3 is 2.53 bits per heavy atom. The van der Waals surface area contributed by atoms with Crippen molar-refractivity contribution in [1.29, 1.82) is 0 Å². The summed E-state index contributed by atoms with van der Waals surface area (Å²) in [5.41, 5.74) is 4.27. The Bertz CT molecular complexity index is 1730. The molecule has 0 radical (unpaired) electrons. The minimum atomic E-state index is -0.225. The fraction of sp³-hybridized carbons (Fsp3) is 0.0714. The summed E-state index contributed by atoms with van der Waals surface area (Å²) in [4.78, 5) is 35.3. The lowest BCUT2D eigenvalue weighted by Crippen LogP contribution is -2.22. The first-order valence-corrected chi connectivity index (χ1v) is 12.4. The fourth-order valence-electron chi connectivity index (χ4n) is 4.12. The van der Waals surface area contributed by atoms with Crippen molar-refractivity contribution in [3.63, 3.8) is 0 Å². The number of hydrogen-bond donors (Lipinski definition) is 1. The van der Waals surface area contributed by atoms with Crippen LogP contribution in [-0.4, -0.2) is 31.8 Å². The smallest absolute Gasteiger partial charge is 0.251 e. The van der Waals surface area contributed by atoms with Gasteiger partial charge in [-0.05, 0) is 42.5 Å². The quantitative estimate of drug-likeness (QED) is 0.179. The standard InChI is InChI=1S/C28H20N4O3S/c33-25(18-7-2-1-3-8-18)17-36-28-31-23-15-19(27(34)29-16-20-9-6-14-35-20)12-13-21(23)26-30-22-10-4-5-11-24(22)32(26)28/h1-15H,16-17H2,(H,29,34). The van der Waals surface area contributed by atoms with Gasteiger partial charge in [0.25, 0.3) is 5.91 Å². The molecule has 3 aromatic carbocycles. The maximum absolute atomic E-state index is 12.8. The molecule has 0 spiro atoms. The number of carbonyl (C=O) groups is 2. The van der Waals surface area contributed by atoms with Gasteiger partial charge in [-0.3, -0.25) is 14.0 Å². The van der Waals surface area contributed by atoms with Crippen molar-refractivity contribution in [3.8, 4) is 0 Å². The zero-order valence-corrected chi connectivity index (χ0v) is 19.9. The van der Waals surface area contributed by atoms with Crippen molar-refractivity contribution >= 4 is 51.0 Å². The predicted octanol–water partition coefficient (Wildman–Crippen LogP) is 5.53. The molecule has 0 unspecified atom stereocenters. The number of thioether (sulfide) groups is 1. The first-order chi connectivity index (χ1) is 17.7. The van der Waals surface area contributed by atoms with E-state index in [1.807, 2.05) is 71.1 Å². The number of rotatable bonds is 7. The van der Waals surface area contributed by atoms with Crippen LogP contribution in [0.25, 0.3) is 27.6 Å². The van der Waals surface area contributed by atoms with Crippen molar-refractivity contribution in [3.05, 3.63) is 108 Å². The number of nitrogens with zero attached hydrogens (tertiary/aromatic N) is 3. The first kappa shape index (κ1) is 22.1. The van der Waals surface area contributed by atoms with Crippen LogP contribution in [0, 0.1) is 0 Å². The number of hydrogen-bond acceptors (Lipinski definition) is 6. The number of Topliss-reactive ketones (excluding diaryl/α,β-unsaturated/α-hetero) is 1. The van der Waals surface area contributed by atoms with Crippen molar-refractivity contribution < 1.29 is 14.0 Å². The molecule has 3 heterocycles. The Hall–Kier alpha value is -4.43. The molecule has 8 heteroatoms. The Morgan fingerprint density at radius 1 is 0.861 bits per heavy atom. The number of nitrogens with one attached hydrogen (secondary N) is 1. The van der Waals surface area contributed by atoms with Gasteiger partial charge in [0.2, 0.25) is 0 Å². The van der Waals surface area contributed by atoms with Gasteiger partial charge >= 0.3 is 0 Å². The highest BCUT2D eigenvalue weighted by Gasteiger charge is 2.17. The van der Waals surface area contributed by atoms with Crippen LogP contribution in [-0.2, 0) is 6.54 Å². The van der Waals surface area contributed by atoms with Crippen molar-refractivity contribution in [2.24, 2.45) is 0 Å². The molecular formula is C28H20N4O3S. The van der Waals surface area contributed by atoms with Crippen LogP contribution in [0.5, 0.6) is 0 Å². The fourth-order valence-corrected chi connectivity index (χ4v) is 5.03. The highest BCUT2D eigenvalue weighted by molar-refractivity contribution is 7.99. The third kappa shape index (κ3) is 4.12. The summed E-state index contributed by atoms with van der Waals surface area (Å²) in [5.74, 6) is 0.700. The van der Waals surface area contributed by atoms with Gasteiger partial charge in [-0.15, -0.1) is 0 Å². The molecule has 6 aromatic rings. The predicted molar refractivity (Wildman–Crippen MR) is 139 cm³/mol. The van der Waals surface area contributed by atoms with Crippen LogP contribution >= 0.6 is 11.8 Å². The third-order valence-corrected chi connectivity index (χ3v) is 6.84. The first-order valence-electron chi connectivity index (χ1n) is 11.4. The zero-order valence-electron chi connectivity index (χ0n) is 19.0. The number of para-hydroxylation sites is 2. The maximum Gasteiger partial charge on any atom is 0.251 e. The SMILES string of the molecule is O=C(CSc1nc2cc(C(=O)NCc3ccco3)ccc2c2nc3ccccc3n12)c1ccccc1. The summed E-state index contributed by atoms with van der Waals surface area (Å²) < 4.78 is 7.28. The Kier molecular flexibility index (Phi) is 5.71. The summed E-state index contributed by atoms with van der Waals surface area (Å²) in [7, 11) is 0. The van der Waals surface area contributed by atoms with Crippen LogP contribution in [0.15, 0.2) is 101 Å². The van der Waals surface area contributed by atoms with Gasteiger partial charge in [0, 0.05) is 16.5 Å². The Labute approximate surface area is 210 Å². The molecule has 0 atom stereocenters. The normalized spacial score (nSPS) is 11.3. The number of imidazole rings is 1. The van der Waals surface area contributed by atoms with E-state index in [1.165, 1.54) is 11.8 Å². The van der Waals surface area contributed by atoms with Crippen LogP contribution in [0.4, 0.5) is 0 Å². The van der Waals surface area contributed by atoms with Crippen LogP contribution < -0.4 is 5.32 Å². The number of fused-ring (bicyclic) bond motifs is 5. The molecule has 0 aliphatic carbocycles. The van der Waals surface area contributed by atoms with Gasteiger partial charge in [-0.25, -0.2) is 9.97 Å². The van der Waals surface area contributed by atoms with Crippen molar-refractivity contribution in [2.75, 3.05) is 5.75 Å². The molecule has 6 rings (SSSR count). The van der Waals surface area contributed by atoms with Gasteiger partial charge in [0.15, 0.2) is 10.9 Å². The molecule has 3 aromatic heterocycles. The molecule has 0 bridgehead atoms. The average molecular weight is 493 g/mol. The van der Waals surface area contributed by atoms with Gasteiger partial charge in [-0.1, -0.05) is 54.2 Å². The Balaban J connectivity index is 1.39. The monoisotopic (exact) mass is 492 g/mol. The Morgan fingerprint density at radius 2 is 1.69 bits per heavy atom. The highest BCUT2D eigenvalue weighted by atomic mass is 32.2. The lowest BCUT2D eigenvalue weighted by Gasteiger charge is -2.10. The lowest BCUT2D eigenvalue weighted by molar-refractivity contribution is 0.0947. The number of ketones is 1. The topological polar surface area (TPSA) is 89.5 Å². The summed E-state index contributed by atoms with van der Waals surface area (Å²) in [6, 6.07) is 26.0. The molecule has 0 fully saturated rings. The second kappa shape index (κ2) is 9.31. The number of carbonyl (C=O) groups excluding carboxylic acids is 2. The molecule has 176 valence electrons. The summed E-state index contributed by atoms with van der Waals surface area (Å²) >= 11 is 1.36. The van der Waals surface area contributed by atoms with Crippen LogP contribution in [0.1, 0.15) is 26.5 Å². The second-order valence-corrected chi connectivity index (χ2v) is 9.17. The average Bonchev–Trinajstić information content (AvgIpc) is 3.58. The maximum atomic E-state index is 12.8. The van der Waals surface area contributed by atoms with E-state index in [1.54, 1.807) is 24.5 Å². The molecule has 1 amide bonds. The van der Waals surface area contributed by atoms with E-state index in [2.05, 4.69) is 5.32 Å². The van der Waals surface area contributed by atoms with E-state index in [9.17, 15) is 9.59 Å². The molecule has 0 aliphatic rings. The van der Waals surface area contributed by atoms with E-state index >= 15 is 0 Å². The summed E-state index contributed by atoms with van der Waals surface area (Å²) in [5, 5.41) is 4.34. The number of benzene rings is 3. The largest absolute Gasteiger partial charge is 0.467 e. The number of amides is 1. The molecular weight excluding hydrogens is 472 g/mol. The molecule has 0 aliphatic heterocycles. The van der Waals surface area contributed by atoms with Gasteiger partial charge in [0.05, 0.1) is 35.1 Å². The molecule has 1 N–H and O–H groups in total. The molecule has 36 heavy (non-hydrogen) atoms. The highest BCUT2D eigenvalue weighted by Crippen LogP contribution is 2.30. The zero-order chi connectivity index (χ0) is 24.5. The van der Waals surface area contributed by atoms with Gasteiger partial charge in [-0.2, -0.15) is 0 Å². The van der Waals surface area contributed by atoms with Crippen molar-refractivity contribution in [2.45, 2.75) is 11.7 Å². The van der Waals surface area contributed by atoms with E-state index in [0.717, 1.165) is 22.1 Å². The molecule has 7 nitrogen and oxygen atoms in total. The van der Waals surface area contributed by atoms with E-state index in [-0.39, 0.29) is 17.4 Å². The van der Waals surface area contributed by atoms with E-state index in [0.29, 0.717) is 34.1 Å².